The molecule has 0 spiro atoms. The van der Waals surface area contributed by atoms with Crippen LogP contribution < -0.4 is 9.47 Å². The maximum atomic E-state index is 12.4. The molecular weight excluding hydrogens is 374 g/mol. The Bertz CT molecular complexity index is 732. The monoisotopic (exact) mass is 397 g/mol. The maximum absolute atomic E-state index is 12.4. The van der Waals surface area contributed by atoms with E-state index in [9.17, 15) is 9.59 Å². The van der Waals surface area contributed by atoms with Crippen molar-refractivity contribution in [1.29, 1.82) is 0 Å². The molecule has 1 aliphatic heterocycles. The largest absolute Gasteiger partial charge is 0.490 e. The van der Waals surface area contributed by atoms with Gasteiger partial charge in [0.2, 0.25) is 0 Å². The van der Waals surface area contributed by atoms with Crippen LogP contribution in [0.15, 0.2) is 17.0 Å². The Hall–Kier alpha value is -1.66. The topological polar surface area (TPSA) is 55.8 Å². The van der Waals surface area contributed by atoms with Crippen molar-refractivity contribution in [2.75, 3.05) is 6.61 Å². The number of halogens is 1. The van der Waals surface area contributed by atoms with Crippen LogP contribution in [-0.2, 0) is 4.79 Å². The number of amides is 2. The van der Waals surface area contributed by atoms with E-state index < -0.39 is 0 Å². The second-order valence-electron chi connectivity index (χ2n) is 6.25. The first-order valence-electron chi connectivity index (χ1n) is 8.68. The third-order valence-corrected chi connectivity index (χ3v) is 5.03. The van der Waals surface area contributed by atoms with E-state index in [0.717, 1.165) is 18.2 Å². The van der Waals surface area contributed by atoms with Crippen LogP contribution in [0.5, 0.6) is 11.5 Å². The molecule has 1 aliphatic rings. The third-order valence-electron chi connectivity index (χ3n) is 3.86. The van der Waals surface area contributed by atoms with Gasteiger partial charge in [0.1, 0.15) is 0 Å². The summed E-state index contributed by atoms with van der Waals surface area (Å²) in [6.07, 6.45) is 2.50. The molecule has 0 bridgehead atoms. The van der Waals surface area contributed by atoms with Gasteiger partial charge in [-0.05, 0) is 69.6 Å². The number of hydrogen-bond acceptors (Lipinski definition) is 5. The van der Waals surface area contributed by atoms with Gasteiger partial charge >= 0.3 is 0 Å². The van der Waals surface area contributed by atoms with Crippen LogP contribution in [0.3, 0.4) is 0 Å². The van der Waals surface area contributed by atoms with Crippen molar-refractivity contribution >= 4 is 40.6 Å². The molecule has 2 rings (SSSR count). The van der Waals surface area contributed by atoms with E-state index in [-0.39, 0.29) is 23.3 Å². The summed E-state index contributed by atoms with van der Waals surface area (Å²) >= 11 is 7.33. The van der Waals surface area contributed by atoms with Gasteiger partial charge in [-0.3, -0.25) is 14.5 Å². The van der Waals surface area contributed by atoms with Crippen LogP contribution in [-0.4, -0.2) is 34.8 Å². The maximum Gasteiger partial charge on any atom is 0.293 e. The van der Waals surface area contributed by atoms with Crippen molar-refractivity contribution in [2.45, 2.75) is 53.2 Å². The molecule has 1 fully saturated rings. The average molecular weight is 398 g/mol. The first kappa shape index (κ1) is 20.6. The summed E-state index contributed by atoms with van der Waals surface area (Å²) in [5.41, 5.74) is 0.684. The van der Waals surface area contributed by atoms with E-state index in [1.165, 1.54) is 4.90 Å². The Morgan fingerprint density at radius 2 is 1.92 bits per heavy atom. The lowest BCUT2D eigenvalue weighted by atomic mass is 10.1. The highest BCUT2D eigenvalue weighted by Crippen LogP contribution is 2.40. The minimum atomic E-state index is -0.288. The molecule has 26 heavy (non-hydrogen) atoms. The predicted molar refractivity (Wildman–Crippen MR) is 106 cm³/mol. The summed E-state index contributed by atoms with van der Waals surface area (Å²) in [4.78, 5) is 26.1. The summed E-state index contributed by atoms with van der Waals surface area (Å²) in [7, 11) is 0. The van der Waals surface area contributed by atoms with Crippen molar-refractivity contribution in [1.82, 2.24) is 4.90 Å². The van der Waals surface area contributed by atoms with Crippen LogP contribution in [0.4, 0.5) is 4.79 Å². The quantitative estimate of drug-likeness (QED) is 0.579. The number of thioether (sulfide) groups is 1. The van der Waals surface area contributed by atoms with Crippen LogP contribution in [0.1, 0.15) is 46.6 Å². The molecule has 1 aromatic carbocycles. The zero-order valence-electron chi connectivity index (χ0n) is 15.7. The first-order valence-corrected chi connectivity index (χ1v) is 9.87. The highest BCUT2D eigenvalue weighted by molar-refractivity contribution is 8.18. The lowest BCUT2D eigenvalue weighted by molar-refractivity contribution is -0.123. The highest BCUT2D eigenvalue weighted by atomic mass is 35.5. The Morgan fingerprint density at radius 1 is 1.23 bits per heavy atom. The number of hydrogen-bond donors (Lipinski definition) is 0. The zero-order valence-corrected chi connectivity index (χ0v) is 17.2. The molecule has 142 valence electrons. The molecule has 0 aromatic heterocycles. The van der Waals surface area contributed by atoms with Crippen molar-refractivity contribution in [3.05, 3.63) is 27.6 Å². The normalized spacial score (nSPS) is 17.3. The van der Waals surface area contributed by atoms with Crippen LogP contribution >= 0.6 is 23.4 Å². The second-order valence-corrected chi connectivity index (χ2v) is 7.65. The fourth-order valence-corrected chi connectivity index (χ4v) is 3.63. The SMILES string of the molecule is CCOc1cc(/C=C2/SC(=O)N(C(C)C)C2=O)cc(Cl)c1O[C@H](C)CC. The summed E-state index contributed by atoms with van der Waals surface area (Å²) in [5, 5.41) is 0.148. The fourth-order valence-electron chi connectivity index (χ4n) is 2.41. The second kappa shape index (κ2) is 8.82. The van der Waals surface area contributed by atoms with Gasteiger partial charge in [0.05, 0.1) is 22.6 Å². The molecule has 1 heterocycles. The minimum Gasteiger partial charge on any atom is -0.490 e. The highest BCUT2D eigenvalue weighted by Gasteiger charge is 2.36. The Labute approximate surface area is 163 Å². The molecule has 5 nitrogen and oxygen atoms in total. The lowest BCUT2D eigenvalue weighted by Gasteiger charge is -2.18. The summed E-state index contributed by atoms with van der Waals surface area (Å²) < 4.78 is 11.5. The Morgan fingerprint density at radius 3 is 2.46 bits per heavy atom. The molecule has 0 unspecified atom stereocenters. The van der Waals surface area contributed by atoms with Gasteiger partial charge in [-0.25, -0.2) is 0 Å². The summed E-state index contributed by atoms with van der Waals surface area (Å²) in [6, 6.07) is 3.31. The van der Waals surface area contributed by atoms with E-state index in [1.807, 2.05) is 34.6 Å². The minimum absolute atomic E-state index is 0.0000904. The lowest BCUT2D eigenvalue weighted by Crippen LogP contribution is -2.34. The standard InChI is InChI=1S/C19H24ClNO4S/c1-6-12(5)25-17-14(20)8-13(9-15(17)24-7-2)10-16-18(22)21(11(3)4)19(23)26-16/h8-12H,6-7H2,1-5H3/b16-10+/t12-/m1/s1. The molecule has 0 radical (unpaired) electrons. The van der Waals surface area contributed by atoms with Crippen molar-refractivity contribution < 1.29 is 19.1 Å². The number of carbonyl (C=O) groups excluding carboxylic acids is 2. The molecular formula is C19H24ClNO4S. The van der Waals surface area contributed by atoms with E-state index in [2.05, 4.69) is 0 Å². The number of benzene rings is 1. The van der Waals surface area contributed by atoms with Gasteiger partial charge in [-0.15, -0.1) is 0 Å². The Kier molecular flexibility index (Phi) is 7.01. The summed E-state index contributed by atoms with van der Waals surface area (Å²) in [6.45, 7) is 9.94. The van der Waals surface area contributed by atoms with E-state index in [0.29, 0.717) is 33.6 Å². The van der Waals surface area contributed by atoms with Crippen LogP contribution in [0, 0.1) is 0 Å². The van der Waals surface area contributed by atoms with Crippen LogP contribution in [0.2, 0.25) is 5.02 Å². The van der Waals surface area contributed by atoms with E-state index in [1.54, 1.807) is 18.2 Å². The number of imide groups is 1. The van der Waals surface area contributed by atoms with E-state index >= 15 is 0 Å². The summed E-state index contributed by atoms with van der Waals surface area (Å²) in [5.74, 6) is 0.731. The predicted octanol–water partition coefficient (Wildman–Crippen LogP) is 5.36. The Balaban J connectivity index is 2.39. The van der Waals surface area contributed by atoms with Gasteiger partial charge in [-0.2, -0.15) is 0 Å². The van der Waals surface area contributed by atoms with Crippen molar-refractivity contribution in [2.24, 2.45) is 0 Å². The molecule has 0 N–H and O–H groups in total. The molecule has 1 saturated heterocycles. The fraction of sp³-hybridized carbons (Fsp3) is 0.474. The smallest absolute Gasteiger partial charge is 0.293 e. The van der Waals surface area contributed by atoms with Gasteiger partial charge in [-0.1, -0.05) is 18.5 Å². The van der Waals surface area contributed by atoms with Gasteiger partial charge < -0.3 is 9.47 Å². The number of carbonyl (C=O) groups is 2. The van der Waals surface area contributed by atoms with Crippen LogP contribution in [0.25, 0.3) is 6.08 Å². The molecule has 1 atom stereocenters. The third kappa shape index (κ3) is 4.54. The average Bonchev–Trinajstić information content (AvgIpc) is 2.84. The molecule has 0 saturated carbocycles. The molecule has 1 aromatic rings. The molecule has 0 aliphatic carbocycles. The van der Waals surface area contributed by atoms with Gasteiger partial charge in [0, 0.05) is 6.04 Å². The molecule has 2 amide bonds. The van der Waals surface area contributed by atoms with Crippen molar-refractivity contribution in [3.8, 4) is 11.5 Å². The number of rotatable bonds is 7. The number of nitrogens with zero attached hydrogens (tertiary/aromatic N) is 1. The molecule has 7 heteroatoms. The van der Waals surface area contributed by atoms with Gasteiger partial charge in [0.15, 0.2) is 11.5 Å². The van der Waals surface area contributed by atoms with E-state index in [4.69, 9.17) is 21.1 Å². The van der Waals surface area contributed by atoms with Crippen molar-refractivity contribution in [3.63, 3.8) is 0 Å². The number of ether oxygens (including phenoxy) is 2. The zero-order chi connectivity index (χ0) is 19.4. The first-order chi connectivity index (χ1) is 12.3. The van der Waals surface area contributed by atoms with Gasteiger partial charge in [0.25, 0.3) is 11.1 Å².